The lowest BCUT2D eigenvalue weighted by Gasteiger charge is -2.35. The molecule has 0 saturated carbocycles. The van der Waals surface area contributed by atoms with Gasteiger partial charge in [0.1, 0.15) is 5.69 Å². The van der Waals surface area contributed by atoms with Crippen LogP contribution in [0, 0.1) is 0 Å². The molecule has 3 heterocycles. The quantitative estimate of drug-likeness (QED) is 0.625. The maximum atomic E-state index is 12.9. The fourth-order valence-electron chi connectivity index (χ4n) is 3.75. The van der Waals surface area contributed by atoms with Crippen molar-refractivity contribution in [1.29, 1.82) is 0 Å². The Balaban J connectivity index is 1.39. The number of hydrogen-bond acceptors (Lipinski definition) is 6. The lowest BCUT2D eigenvalue weighted by molar-refractivity contribution is -0.159. The largest absolute Gasteiger partial charge is 0.471 e. The lowest BCUT2D eigenvalue weighted by atomic mass is 10.0. The number of benzene rings is 1. The zero-order valence-electron chi connectivity index (χ0n) is 17.7. The van der Waals surface area contributed by atoms with Gasteiger partial charge in [0, 0.05) is 43.5 Å². The van der Waals surface area contributed by atoms with Crippen molar-refractivity contribution in [2.75, 3.05) is 13.1 Å². The second-order valence-electron chi connectivity index (χ2n) is 7.70. The van der Waals surface area contributed by atoms with Gasteiger partial charge in [-0.2, -0.15) is 23.3 Å². The average Bonchev–Trinajstić information content (AvgIpc) is 3.47. The maximum absolute atomic E-state index is 12.9. The van der Waals surface area contributed by atoms with Crippen molar-refractivity contribution in [3.8, 4) is 11.4 Å². The van der Waals surface area contributed by atoms with E-state index < -0.39 is 12.1 Å². The Hall–Kier alpha value is -3.70. The van der Waals surface area contributed by atoms with Gasteiger partial charge in [-0.05, 0) is 37.5 Å². The number of hydrogen-bond donors (Lipinski definition) is 1. The van der Waals surface area contributed by atoms with Gasteiger partial charge in [0.15, 0.2) is 0 Å². The fraction of sp³-hybridized carbons (Fsp3) is 0.381. The first kappa shape index (κ1) is 22.5. The summed E-state index contributed by atoms with van der Waals surface area (Å²) in [6.45, 7) is 0.883. The molecule has 0 bridgehead atoms. The predicted molar refractivity (Wildman–Crippen MR) is 109 cm³/mol. The molecular formula is C21H21F3N6O3. The predicted octanol–water partition coefficient (Wildman–Crippen LogP) is 2.91. The zero-order chi connectivity index (χ0) is 23.6. The van der Waals surface area contributed by atoms with Crippen molar-refractivity contribution >= 4 is 11.8 Å². The molecule has 0 spiro atoms. The molecule has 0 radical (unpaired) electrons. The molecule has 1 fully saturated rings. The third-order valence-electron chi connectivity index (χ3n) is 5.50. The van der Waals surface area contributed by atoms with Gasteiger partial charge in [0.05, 0.1) is 0 Å². The molecule has 0 unspecified atom stereocenters. The molecule has 1 aromatic carbocycles. The molecule has 9 nitrogen and oxygen atoms in total. The highest BCUT2D eigenvalue weighted by molar-refractivity contribution is 5.95. The van der Waals surface area contributed by atoms with Crippen LogP contribution in [0.4, 0.5) is 13.2 Å². The number of aryl methyl sites for hydroxylation is 1. The molecule has 2 amide bonds. The van der Waals surface area contributed by atoms with Crippen molar-refractivity contribution in [2.24, 2.45) is 7.05 Å². The van der Waals surface area contributed by atoms with E-state index >= 15 is 0 Å². The molecule has 2 aromatic heterocycles. The van der Waals surface area contributed by atoms with Crippen LogP contribution in [0.15, 0.2) is 41.1 Å². The van der Waals surface area contributed by atoms with Crippen molar-refractivity contribution in [2.45, 2.75) is 31.5 Å². The number of nitrogens with zero attached hydrogens (tertiary/aromatic N) is 5. The van der Waals surface area contributed by atoms with Crippen molar-refractivity contribution in [3.05, 3.63) is 53.7 Å². The molecule has 174 valence electrons. The van der Waals surface area contributed by atoms with E-state index in [2.05, 4.69) is 25.1 Å². The van der Waals surface area contributed by atoms with Gasteiger partial charge in [-0.1, -0.05) is 17.3 Å². The number of amides is 2. The van der Waals surface area contributed by atoms with Crippen LogP contribution in [-0.4, -0.2) is 55.8 Å². The van der Waals surface area contributed by atoms with Gasteiger partial charge in [-0.15, -0.1) is 0 Å². The third-order valence-corrected chi connectivity index (χ3v) is 5.50. The molecule has 1 aliphatic heterocycles. The number of carbonyl (C=O) groups excluding carboxylic acids is 2. The van der Waals surface area contributed by atoms with E-state index in [1.165, 1.54) is 28.9 Å². The Bertz CT molecular complexity index is 1140. The van der Waals surface area contributed by atoms with Gasteiger partial charge in [-0.3, -0.25) is 14.3 Å². The van der Waals surface area contributed by atoms with Crippen molar-refractivity contribution in [3.63, 3.8) is 0 Å². The Kier molecular flexibility index (Phi) is 6.16. The van der Waals surface area contributed by atoms with Crippen LogP contribution in [0.5, 0.6) is 0 Å². The van der Waals surface area contributed by atoms with E-state index in [1.807, 2.05) is 0 Å². The van der Waals surface area contributed by atoms with Crippen molar-refractivity contribution < 1.29 is 27.3 Å². The Morgan fingerprint density at radius 1 is 1.18 bits per heavy atom. The van der Waals surface area contributed by atoms with Crippen LogP contribution in [0.3, 0.4) is 0 Å². The Labute approximate surface area is 186 Å². The van der Waals surface area contributed by atoms with E-state index in [4.69, 9.17) is 0 Å². The number of halogens is 3. The molecule has 33 heavy (non-hydrogen) atoms. The first-order valence-electron chi connectivity index (χ1n) is 10.3. The first-order valence-corrected chi connectivity index (χ1v) is 10.3. The van der Waals surface area contributed by atoms with Gasteiger partial charge in [-0.25, -0.2) is 0 Å². The highest BCUT2D eigenvalue weighted by Crippen LogP contribution is 2.29. The number of alkyl halides is 3. The number of aromatic nitrogens is 4. The molecule has 1 saturated heterocycles. The summed E-state index contributed by atoms with van der Waals surface area (Å²) in [5.74, 6) is -2.14. The number of rotatable bonds is 5. The maximum Gasteiger partial charge on any atom is 0.471 e. The summed E-state index contributed by atoms with van der Waals surface area (Å²) in [5.41, 5.74) is 1.09. The summed E-state index contributed by atoms with van der Waals surface area (Å²) in [5, 5.41) is 10.2. The third kappa shape index (κ3) is 4.89. The number of likely N-dealkylation sites (tertiary alicyclic amines) is 1. The number of piperidine rings is 1. The smallest absolute Gasteiger partial charge is 0.350 e. The monoisotopic (exact) mass is 462 g/mol. The normalized spacial score (nSPS) is 16.6. The SMILES string of the molecule is Cn1nccc1C(=O)N1CCCC[C@@H]1CNC(=O)c1ccc(-c2noc(C(F)(F)F)n2)cc1. The minimum absolute atomic E-state index is 0.128. The summed E-state index contributed by atoms with van der Waals surface area (Å²) in [6.07, 6.45) is -0.550. The van der Waals surface area contributed by atoms with Crippen LogP contribution >= 0.6 is 0 Å². The second-order valence-corrected chi connectivity index (χ2v) is 7.70. The Morgan fingerprint density at radius 3 is 2.58 bits per heavy atom. The summed E-state index contributed by atoms with van der Waals surface area (Å²) in [7, 11) is 1.70. The van der Waals surface area contributed by atoms with Gasteiger partial charge >= 0.3 is 12.1 Å². The first-order chi connectivity index (χ1) is 15.7. The fourth-order valence-corrected chi connectivity index (χ4v) is 3.75. The molecule has 1 aliphatic rings. The van der Waals surface area contributed by atoms with Gasteiger partial charge < -0.3 is 14.7 Å². The Morgan fingerprint density at radius 2 is 1.94 bits per heavy atom. The minimum atomic E-state index is -4.73. The van der Waals surface area contributed by atoms with Crippen LogP contribution in [-0.2, 0) is 13.2 Å². The average molecular weight is 462 g/mol. The topological polar surface area (TPSA) is 106 Å². The highest BCUT2D eigenvalue weighted by Gasteiger charge is 2.38. The van der Waals surface area contributed by atoms with Crippen molar-refractivity contribution in [1.82, 2.24) is 30.1 Å². The van der Waals surface area contributed by atoms with Crippen LogP contribution in [0.2, 0.25) is 0 Å². The molecule has 12 heteroatoms. The molecular weight excluding hydrogens is 441 g/mol. The molecule has 4 rings (SSSR count). The van der Waals surface area contributed by atoms with Crippen LogP contribution < -0.4 is 5.32 Å². The van der Waals surface area contributed by atoms with Crippen LogP contribution in [0.25, 0.3) is 11.4 Å². The van der Waals surface area contributed by atoms with E-state index in [-0.39, 0.29) is 35.8 Å². The number of carbonyl (C=O) groups is 2. The summed E-state index contributed by atoms with van der Waals surface area (Å²) in [4.78, 5) is 30.6. The number of nitrogens with one attached hydrogen (secondary N) is 1. The van der Waals surface area contributed by atoms with E-state index in [0.717, 1.165) is 19.3 Å². The lowest BCUT2D eigenvalue weighted by Crippen LogP contribution is -2.49. The summed E-state index contributed by atoms with van der Waals surface area (Å²) in [6, 6.07) is 7.33. The molecule has 3 aromatic rings. The summed E-state index contributed by atoms with van der Waals surface area (Å²) < 4.78 is 43.6. The molecule has 1 N–H and O–H groups in total. The summed E-state index contributed by atoms with van der Waals surface area (Å²) >= 11 is 0. The minimum Gasteiger partial charge on any atom is -0.350 e. The highest BCUT2D eigenvalue weighted by atomic mass is 19.4. The standard InChI is InChI=1S/C21H21F3N6O3/c1-29-16(9-10-26-29)19(32)30-11-3-2-4-15(30)12-25-18(31)14-7-5-13(6-8-14)17-27-20(33-28-17)21(22,23)24/h5-10,15H,2-4,11-12H2,1H3,(H,25,31)/t15-/m1/s1. The molecule has 1 atom stereocenters. The second kappa shape index (κ2) is 9.04. The van der Waals surface area contributed by atoms with Gasteiger partial charge in [0.2, 0.25) is 5.82 Å². The van der Waals surface area contributed by atoms with E-state index in [1.54, 1.807) is 24.2 Å². The van der Waals surface area contributed by atoms with E-state index in [9.17, 15) is 22.8 Å². The van der Waals surface area contributed by atoms with Gasteiger partial charge in [0.25, 0.3) is 11.8 Å². The molecule has 0 aliphatic carbocycles. The van der Waals surface area contributed by atoms with E-state index in [0.29, 0.717) is 17.8 Å². The van der Waals surface area contributed by atoms with Crippen LogP contribution in [0.1, 0.15) is 46.0 Å². The zero-order valence-corrected chi connectivity index (χ0v) is 17.7.